The van der Waals surface area contributed by atoms with Crippen LogP contribution in [-0.4, -0.2) is 59.8 Å². The maximum atomic E-state index is 12.3. The molecule has 2 amide bonds. The van der Waals surface area contributed by atoms with Gasteiger partial charge in [-0.25, -0.2) is 14.7 Å². The first-order chi connectivity index (χ1) is 11.4. The zero-order chi connectivity index (χ0) is 18.1. The van der Waals surface area contributed by atoms with Crippen molar-refractivity contribution in [1.29, 1.82) is 0 Å². The highest BCUT2D eigenvalue weighted by Crippen LogP contribution is 2.10. The van der Waals surface area contributed by atoms with E-state index in [9.17, 15) is 19.5 Å². The van der Waals surface area contributed by atoms with Gasteiger partial charge >= 0.3 is 12.1 Å². The van der Waals surface area contributed by atoms with Crippen LogP contribution >= 0.6 is 0 Å². The Morgan fingerprint density at radius 1 is 1.21 bits per heavy atom. The van der Waals surface area contributed by atoms with Crippen molar-refractivity contribution in [3.8, 4) is 0 Å². The standard InChI is InChI=1S/C16H22N2O6/c1-4-13(15(20)21)18(10-14(19)17(2)23-3)16(22)24-11-12-8-6-5-7-9-12/h5-9,13H,4,10-11H2,1-3H3,(H,20,21). The van der Waals surface area contributed by atoms with E-state index in [1.807, 2.05) is 6.07 Å². The molecule has 0 heterocycles. The van der Waals surface area contributed by atoms with Gasteiger partial charge in [0.1, 0.15) is 19.2 Å². The first kappa shape index (κ1) is 19.4. The lowest BCUT2D eigenvalue weighted by molar-refractivity contribution is -0.170. The Labute approximate surface area is 140 Å². The summed E-state index contributed by atoms with van der Waals surface area (Å²) in [6.07, 6.45) is -0.731. The molecule has 8 heteroatoms. The first-order valence-corrected chi connectivity index (χ1v) is 7.41. The number of ether oxygens (including phenoxy) is 1. The molecule has 0 saturated carbocycles. The minimum absolute atomic E-state index is 0.0134. The third kappa shape index (κ3) is 5.54. The van der Waals surface area contributed by atoms with Crippen LogP contribution in [0.3, 0.4) is 0 Å². The number of likely N-dealkylation sites (N-methyl/N-ethyl adjacent to an activating group) is 1. The molecule has 0 saturated heterocycles. The normalized spacial score (nSPS) is 11.5. The van der Waals surface area contributed by atoms with Crippen LogP contribution in [0.4, 0.5) is 4.79 Å². The molecule has 1 atom stereocenters. The molecule has 0 bridgehead atoms. The summed E-state index contributed by atoms with van der Waals surface area (Å²) in [5.74, 6) is -1.77. The van der Waals surface area contributed by atoms with Gasteiger partial charge in [-0.1, -0.05) is 37.3 Å². The Morgan fingerprint density at radius 2 is 1.83 bits per heavy atom. The molecule has 24 heavy (non-hydrogen) atoms. The van der Waals surface area contributed by atoms with Crippen LogP contribution in [-0.2, 0) is 25.8 Å². The maximum Gasteiger partial charge on any atom is 0.411 e. The van der Waals surface area contributed by atoms with Crippen LogP contribution in [0.15, 0.2) is 30.3 Å². The Bertz CT molecular complexity index is 563. The topological polar surface area (TPSA) is 96.4 Å². The van der Waals surface area contributed by atoms with E-state index in [0.717, 1.165) is 15.5 Å². The summed E-state index contributed by atoms with van der Waals surface area (Å²) < 4.78 is 5.15. The third-order valence-corrected chi connectivity index (χ3v) is 3.42. The monoisotopic (exact) mass is 338 g/mol. The molecular formula is C16H22N2O6. The van der Waals surface area contributed by atoms with Crippen molar-refractivity contribution < 1.29 is 29.1 Å². The lowest BCUT2D eigenvalue weighted by Crippen LogP contribution is -2.49. The molecule has 0 aliphatic rings. The number of aliphatic carboxylic acids is 1. The predicted octanol–water partition coefficient (Wildman–Crippen LogP) is 1.51. The fourth-order valence-corrected chi connectivity index (χ4v) is 1.98. The number of nitrogens with zero attached hydrogens (tertiary/aromatic N) is 2. The molecule has 1 aromatic rings. The van der Waals surface area contributed by atoms with Gasteiger partial charge in [-0.05, 0) is 12.0 Å². The van der Waals surface area contributed by atoms with Crippen molar-refractivity contribution in [3.05, 3.63) is 35.9 Å². The fraction of sp³-hybridized carbons (Fsp3) is 0.438. The van der Waals surface area contributed by atoms with E-state index >= 15 is 0 Å². The van der Waals surface area contributed by atoms with E-state index in [-0.39, 0.29) is 13.0 Å². The van der Waals surface area contributed by atoms with Crippen LogP contribution in [0, 0.1) is 0 Å². The van der Waals surface area contributed by atoms with Crippen LogP contribution in [0.2, 0.25) is 0 Å². The number of amides is 2. The van der Waals surface area contributed by atoms with E-state index in [1.54, 1.807) is 31.2 Å². The second-order valence-corrected chi connectivity index (χ2v) is 5.00. The van der Waals surface area contributed by atoms with Gasteiger partial charge in [0.05, 0.1) is 7.11 Å². The van der Waals surface area contributed by atoms with Gasteiger partial charge in [0, 0.05) is 7.05 Å². The molecular weight excluding hydrogens is 316 g/mol. The number of carboxylic acids is 1. The van der Waals surface area contributed by atoms with Crippen molar-refractivity contribution in [2.24, 2.45) is 0 Å². The van der Waals surface area contributed by atoms with E-state index < -0.39 is 30.6 Å². The summed E-state index contributed by atoms with van der Waals surface area (Å²) in [5.41, 5.74) is 0.759. The Hall–Kier alpha value is -2.61. The maximum absolute atomic E-state index is 12.3. The molecule has 8 nitrogen and oxygen atoms in total. The minimum Gasteiger partial charge on any atom is -0.480 e. The molecule has 0 aliphatic carbocycles. The van der Waals surface area contributed by atoms with Gasteiger partial charge < -0.3 is 9.84 Å². The van der Waals surface area contributed by atoms with Gasteiger partial charge in [-0.15, -0.1) is 0 Å². The molecule has 0 radical (unpaired) electrons. The number of hydrogen-bond acceptors (Lipinski definition) is 5. The number of carbonyl (C=O) groups is 3. The van der Waals surface area contributed by atoms with Gasteiger partial charge in [0.2, 0.25) is 0 Å². The molecule has 0 aliphatic heterocycles. The molecule has 132 valence electrons. The first-order valence-electron chi connectivity index (χ1n) is 7.41. The van der Waals surface area contributed by atoms with E-state index in [4.69, 9.17) is 9.57 Å². The SMILES string of the molecule is CCC(C(=O)O)N(CC(=O)N(C)OC)C(=O)OCc1ccccc1. The number of carboxylic acid groups (broad SMARTS) is 1. The Balaban J connectivity index is 2.84. The zero-order valence-electron chi connectivity index (χ0n) is 14.0. The van der Waals surface area contributed by atoms with E-state index in [2.05, 4.69) is 0 Å². The molecule has 0 fully saturated rings. The summed E-state index contributed by atoms with van der Waals surface area (Å²) in [6.45, 7) is 1.14. The molecule has 0 spiro atoms. The summed E-state index contributed by atoms with van der Waals surface area (Å²) >= 11 is 0. The summed E-state index contributed by atoms with van der Waals surface area (Å²) in [6, 6.07) is 7.80. The highest BCUT2D eigenvalue weighted by atomic mass is 16.7. The lowest BCUT2D eigenvalue weighted by Gasteiger charge is -2.28. The van der Waals surface area contributed by atoms with Crippen LogP contribution < -0.4 is 0 Å². The molecule has 1 N–H and O–H groups in total. The van der Waals surface area contributed by atoms with Crippen LogP contribution in [0.25, 0.3) is 0 Å². The largest absolute Gasteiger partial charge is 0.480 e. The summed E-state index contributed by atoms with van der Waals surface area (Å²) in [7, 11) is 2.67. The van der Waals surface area contributed by atoms with Crippen LogP contribution in [0.1, 0.15) is 18.9 Å². The fourth-order valence-electron chi connectivity index (χ4n) is 1.98. The van der Waals surface area contributed by atoms with Crippen molar-refractivity contribution >= 4 is 18.0 Å². The number of hydroxylamine groups is 2. The number of carbonyl (C=O) groups excluding carboxylic acids is 2. The number of benzene rings is 1. The second kappa shape index (κ2) is 9.51. The molecule has 0 aromatic heterocycles. The average Bonchev–Trinajstić information content (AvgIpc) is 2.59. The lowest BCUT2D eigenvalue weighted by atomic mass is 10.2. The van der Waals surface area contributed by atoms with E-state index in [0.29, 0.717) is 0 Å². The van der Waals surface area contributed by atoms with Gasteiger partial charge in [0.15, 0.2) is 0 Å². The summed E-state index contributed by atoms with van der Waals surface area (Å²) in [4.78, 5) is 41.3. The average molecular weight is 338 g/mol. The summed E-state index contributed by atoms with van der Waals surface area (Å²) in [5, 5.41) is 10.2. The Morgan fingerprint density at radius 3 is 2.33 bits per heavy atom. The smallest absolute Gasteiger partial charge is 0.411 e. The number of hydrogen-bond donors (Lipinski definition) is 1. The third-order valence-electron chi connectivity index (χ3n) is 3.42. The molecule has 1 unspecified atom stereocenters. The zero-order valence-corrected chi connectivity index (χ0v) is 14.0. The van der Waals surface area contributed by atoms with Crippen molar-refractivity contribution in [3.63, 3.8) is 0 Å². The van der Waals surface area contributed by atoms with Gasteiger partial charge in [-0.2, -0.15) is 0 Å². The van der Waals surface area contributed by atoms with Crippen LogP contribution in [0.5, 0.6) is 0 Å². The highest BCUT2D eigenvalue weighted by Gasteiger charge is 2.32. The highest BCUT2D eigenvalue weighted by molar-refractivity contribution is 5.85. The number of rotatable bonds is 8. The molecule has 1 rings (SSSR count). The predicted molar refractivity (Wildman–Crippen MR) is 84.8 cm³/mol. The van der Waals surface area contributed by atoms with Crippen molar-refractivity contribution in [2.45, 2.75) is 26.0 Å². The van der Waals surface area contributed by atoms with Crippen molar-refractivity contribution in [2.75, 3.05) is 20.7 Å². The second-order valence-electron chi connectivity index (χ2n) is 5.00. The Kier molecular flexibility index (Phi) is 7.70. The van der Waals surface area contributed by atoms with Crippen molar-refractivity contribution in [1.82, 2.24) is 9.96 Å². The molecule has 1 aromatic carbocycles. The quantitative estimate of drug-likeness (QED) is 0.722. The minimum atomic E-state index is -1.21. The van der Waals surface area contributed by atoms with E-state index in [1.165, 1.54) is 14.2 Å². The van der Waals surface area contributed by atoms with Gasteiger partial charge in [0.25, 0.3) is 5.91 Å². The van der Waals surface area contributed by atoms with Gasteiger partial charge in [-0.3, -0.25) is 14.5 Å².